The Morgan fingerprint density at radius 1 is 1.42 bits per heavy atom. The molecule has 0 aliphatic carbocycles. The van der Waals surface area contributed by atoms with Crippen LogP contribution in [-0.4, -0.2) is 61.0 Å². The number of methoxy groups -OCH3 is 1. The molecule has 0 N–H and O–H groups in total. The molecular weight excluding hydrogens is 335 g/mol. The fraction of sp³-hybridized carbons (Fsp3) is 0.600. The minimum absolute atomic E-state index is 0.0680. The molecular formula is C20H29FN2O3. The molecule has 0 saturated carbocycles. The highest BCUT2D eigenvalue weighted by atomic mass is 19.1. The van der Waals surface area contributed by atoms with Crippen LogP contribution in [0.25, 0.3) is 0 Å². The molecule has 144 valence electrons. The van der Waals surface area contributed by atoms with Gasteiger partial charge in [-0.05, 0) is 44.4 Å². The van der Waals surface area contributed by atoms with Crippen molar-refractivity contribution in [3.63, 3.8) is 0 Å². The van der Waals surface area contributed by atoms with E-state index in [1.807, 2.05) is 24.8 Å². The van der Waals surface area contributed by atoms with Gasteiger partial charge in [-0.25, -0.2) is 4.39 Å². The van der Waals surface area contributed by atoms with Crippen LogP contribution in [0.4, 0.5) is 4.39 Å². The zero-order valence-corrected chi connectivity index (χ0v) is 15.9. The summed E-state index contributed by atoms with van der Waals surface area (Å²) in [5, 5.41) is 0. The fourth-order valence-electron chi connectivity index (χ4n) is 3.34. The number of likely N-dealkylation sites (tertiary alicyclic amines) is 1. The summed E-state index contributed by atoms with van der Waals surface area (Å²) in [6.07, 6.45) is 1.56. The van der Waals surface area contributed by atoms with Crippen molar-refractivity contribution in [2.75, 3.05) is 33.4 Å². The Bertz CT molecular complexity index is 621. The third-order valence-electron chi connectivity index (χ3n) is 4.85. The molecule has 0 unspecified atom stereocenters. The Morgan fingerprint density at radius 2 is 2.19 bits per heavy atom. The van der Waals surface area contributed by atoms with Crippen molar-refractivity contribution in [2.45, 2.75) is 39.2 Å². The lowest BCUT2D eigenvalue weighted by atomic mass is 9.95. The van der Waals surface area contributed by atoms with Crippen LogP contribution in [0.5, 0.6) is 0 Å². The Balaban J connectivity index is 1.97. The van der Waals surface area contributed by atoms with Gasteiger partial charge in [0.05, 0.1) is 12.5 Å². The van der Waals surface area contributed by atoms with E-state index in [2.05, 4.69) is 0 Å². The number of hydrogen-bond donors (Lipinski definition) is 0. The number of carbonyl (C=O) groups excluding carboxylic acids is 2. The van der Waals surface area contributed by atoms with Crippen molar-refractivity contribution in [3.05, 3.63) is 35.6 Å². The average Bonchev–Trinajstić information content (AvgIpc) is 2.61. The molecule has 1 saturated heterocycles. The first-order valence-corrected chi connectivity index (χ1v) is 9.24. The highest BCUT2D eigenvalue weighted by Crippen LogP contribution is 2.21. The predicted octanol–water partition coefficient (Wildman–Crippen LogP) is 2.49. The predicted molar refractivity (Wildman–Crippen MR) is 98.1 cm³/mol. The van der Waals surface area contributed by atoms with Crippen molar-refractivity contribution in [2.24, 2.45) is 5.92 Å². The molecule has 0 radical (unpaired) electrons. The third kappa shape index (κ3) is 5.53. The SMILES string of the molecule is COCCN(C(=O)[C@@H]1CCC(=O)N(CCc2cccc(F)c2)C1)C(C)C. The molecule has 2 amide bonds. The van der Waals surface area contributed by atoms with Crippen LogP contribution in [0.15, 0.2) is 24.3 Å². The van der Waals surface area contributed by atoms with Gasteiger partial charge < -0.3 is 14.5 Å². The fourth-order valence-corrected chi connectivity index (χ4v) is 3.34. The van der Waals surface area contributed by atoms with Crippen molar-refractivity contribution < 1.29 is 18.7 Å². The van der Waals surface area contributed by atoms with Crippen LogP contribution in [0.2, 0.25) is 0 Å². The molecule has 1 atom stereocenters. The summed E-state index contributed by atoms with van der Waals surface area (Å²) in [5.74, 6) is -0.301. The Hall–Kier alpha value is -1.95. The quantitative estimate of drug-likeness (QED) is 0.712. The molecule has 5 nitrogen and oxygen atoms in total. The Morgan fingerprint density at radius 3 is 2.85 bits per heavy atom. The number of nitrogens with zero attached hydrogens (tertiary/aromatic N) is 2. The molecule has 1 fully saturated rings. The number of carbonyl (C=O) groups is 2. The van der Waals surface area contributed by atoms with E-state index in [0.717, 1.165) is 5.56 Å². The summed E-state index contributed by atoms with van der Waals surface area (Å²) in [6.45, 7) is 5.97. The summed E-state index contributed by atoms with van der Waals surface area (Å²) >= 11 is 0. The highest BCUT2D eigenvalue weighted by molar-refractivity contribution is 5.84. The summed E-state index contributed by atoms with van der Waals surface area (Å²) < 4.78 is 18.4. The van der Waals surface area contributed by atoms with Crippen molar-refractivity contribution in [1.29, 1.82) is 0 Å². The molecule has 6 heteroatoms. The minimum Gasteiger partial charge on any atom is -0.383 e. The van der Waals surface area contributed by atoms with Crippen molar-refractivity contribution >= 4 is 11.8 Å². The number of hydrogen-bond acceptors (Lipinski definition) is 3. The maximum atomic E-state index is 13.3. The lowest BCUT2D eigenvalue weighted by molar-refractivity contribution is -0.144. The third-order valence-corrected chi connectivity index (χ3v) is 4.85. The van der Waals surface area contributed by atoms with Gasteiger partial charge in [-0.1, -0.05) is 12.1 Å². The van der Waals surface area contributed by atoms with Crippen LogP contribution in [-0.2, 0) is 20.7 Å². The summed E-state index contributed by atoms with van der Waals surface area (Å²) in [7, 11) is 1.62. The maximum absolute atomic E-state index is 13.3. The second-order valence-corrected chi connectivity index (χ2v) is 7.07. The van der Waals surface area contributed by atoms with Gasteiger partial charge in [0, 0.05) is 39.2 Å². The first-order chi connectivity index (χ1) is 12.4. The first kappa shape index (κ1) is 20.4. The molecule has 0 aromatic heterocycles. The summed E-state index contributed by atoms with van der Waals surface area (Å²) in [5.41, 5.74) is 0.857. The number of benzene rings is 1. The van der Waals surface area contributed by atoms with Gasteiger partial charge in [0.2, 0.25) is 11.8 Å². The van der Waals surface area contributed by atoms with Crippen LogP contribution >= 0.6 is 0 Å². The zero-order chi connectivity index (χ0) is 19.1. The van der Waals surface area contributed by atoms with Gasteiger partial charge in [0.15, 0.2) is 0 Å². The topological polar surface area (TPSA) is 49.9 Å². The second-order valence-electron chi connectivity index (χ2n) is 7.07. The van der Waals surface area contributed by atoms with E-state index in [-0.39, 0.29) is 29.6 Å². The minimum atomic E-state index is -0.272. The van der Waals surface area contributed by atoms with Gasteiger partial charge in [-0.3, -0.25) is 9.59 Å². The van der Waals surface area contributed by atoms with Crippen molar-refractivity contribution in [1.82, 2.24) is 9.80 Å². The maximum Gasteiger partial charge on any atom is 0.227 e. The molecule has 2 rings (SSSR count). The van der Waals surface area contributed by atoms with E-state index in [1.165, 1.54) is 12.1 Å². The molecule has 1 heterocycles. The van der Waals surface area contributed by atoms with E-state index >= 15 is 0 Å². The summed E-state index contributed by atoms with van der Waals surface area (Å²) in [4.78, 5) is 28.7. The smallest absolute Gasteiger partial charge is 0.227 e. The Kier molecular flexibility index (Phi) is 7.57. The molecule has 1 aliphatic rings. The first-order valence-electron chi connectivity index (χ1n) is 9.24. The standard InChI is InChI=1S/C20H29FN2O3/c1-15(2)23(11-12-26-3)20(25)17-7-8-19(24)22(14-17)10-9-16-5-4-6-18(21)13-16/h4-6,13,15,17H,7-12,14H2,1-3H3/t17-/m1/s1. The van der Waals surface area contributed by atoms with Gasteiger partial charge in [0.25, 0.3) is 0 Å². The number of halogens is 1. The average molecular weight is 364 g/mol. The summed E-state index contributed by atoms with van der Waals surface area (Å²) in [6, 6.07) is 6.51. The Labute approximate surface area is 155 Å². The van der Waals surface area contributed by atoms with E-state index in [1.54, 1.807) is 18.1 Å². The number of piperidine rings is 1. The van der Waals surface area contributed by atoms with Gasteiger partial charge in [-0.2, -0.15) is 0 Å². The van der Waals surface area contributed by atoms with E-state index in [0.29, 0.717) is 45.5 Å². The van der Waals surface area contributed by atoms with Gasteiger partial charge >= 0.3 is 0 Å². The van der Waals surface area contributed by atoms with E-state index in [4.69, 9.17) is 4.74 Å². The van der Waals surface area contributed by atoms with Crippen LogP contribution in [0, 0.1) is 11.7 Å². The number of amides is 2. The molecule has 1 aromatic rings. The van der Waals surface area contributed by atoms with E-state index in [9.17, 15) is 14.0 Å². The number of rotatable bonds is 8. The molecule has 26 heavy (non-hydrogen) atoms. The molecule has 0 spiro atoms. The van der Waals surface area contributed by atoms with E-state index < -0.39 is 0 Å². The lowest BCUT2D eigenvalue weighted by Crippen LogP contribution is -2.49. The number of ether oxygens (including phenoxy) is 1. The van der Waals surface area contributed by atoms with Crippen molar-refractivity contribution in [3.8, 4) is 0 Å². The zero-order valence-electron chi connectivity index (χ0n) is 15.9. The van der Waals surface area contributed by atoms with Crippen LogP contribution in [0.1, 0.15) is 32.3 Å². The lowest BCUT2D eigenvalue weighted by Gasteiger charge is -2.36. The molecule has 1 aromatic carbocycles. The molecule has 0 bridgehead atoms. The normalized spacial score (nSPS) is 17.7. The largest absolute Gasteiger partial charge is 0.383 e. The highest BCUT2D eigenvalue weighted by Gasteiger charge is 2.33. The van der Waals surface area contributed by atoms with Crippen LogP contribution in [0.3, 0.4) is 0 Å². The molecule has 1 aliphatic heterocycles. The monoisotopic (exact) mass is 364 g/mol. The second kappa shape index (κ2) is 9.67. The van der Waals surface area contributed by atoms with Gasteiger partial charge in [-0.15, -0.1) is 0 Å². The van der Waals surface area contributed by atoms with Gasteiger partial charge in [0.1, 0.15) is 5.82 Å². The van der Waals surface area contributed by atoms with Crippen LogP contribution < -0.4 is 0 Å².